The van der Waals surface area contributed by atoms with E-state index in [0.29, 0.717) is 34.5 Å². The molecule has 0 aliphatic carbocycles. The van der Waals surface area contributed by atoms with Crippen LogP contribution in [0.25, 0.3) is 11.5 Å². The molecule has 3 aromatic heterocycles. The van der Waals surface area contributed by atoms with Gasteiger partial charge >= 0.3 is 0 Å². The number of piperidine rings is 1. The van der Waals surface area contributed by atoms with E-state index in [-0.39, 0.29) is 17.9 Å². The first-order valence-electron chi connectivity index (χ1n) is 9.22. The van der Waals surface area contributed by atoms with Crippen molar-refractivity contribution < 1.29 is 13.7 Å². The van der Waals surface area contributed by atoms with Crippen LogP contribution in [0.15, 0.2) is 29.0 Å². The van der Waals surface area contributed by atoms with Crippen molar-refractivity contribution in [3.05, 3.63) is 52.5 Å². The topological polar surface area (TPSA) is 87.9 Å². The minimum absolute atomic E-state index is 0.0554. The van der Waals surface area contributed by atoms with E-state index in [1.807, 2.05) is 4.90 Å². The van der Waals surface area contributed by atoms with E-state index < -0.39 is 5.95 Å². The third kappa shape index (κ3) is 2.97. The van der Waals surface area contributed by atoms with Crippen molar-refractivity contribution >= 4 is 17.5 Å². The van der Waals surface area contributed by atoms with Crippen LogP contribution in [0.5, 0.6) is 0 Å². The number of nitrogens with one attached hydrogen (secondary N) is 1. The number of hydrogen-bond acceptors (Lipinski definition) is 5. The molecular weight excluding hydrogens is 385 g/mol. The second kappa shape index (κ2) is 6.70. The van der Waals surface area contributed by atoms with E-state index in [4.69, 9.17) is 16.1 Å². The van der Waals surface area contributed by atoms with Crippen LogP contribution in [0, 0.1) is 5.95 Å². The van der Waals surface area contributed by atoms with Crippen molar-refractivity contribution in [3.63, 3.8) is 0 Å². The van der Waals surface area contributed by atoms with Gasteiger partial charge in [0.25, 0.3) is 5.91 Å². The molecule has 0 spiro atoms. The number of aromatic amines is 1. The van der Waals surface area contributed by atoms with E-state index in [1.165, 1.54) is 12.3 Å². The smallest absolute Gasteiger partial charge is 0.254 e. The summed E-state index contributed by atoms with van der Waals surface area (Å²) < 4.78 is 19.1. The second-order valence-electron chi connectivity index (χ2n) is 7.28. The Balaban J connectivity index is 1.40. The zero-order valence-electron chi connectivity index (χ0n) is 14.9. The van der Waals surface area contributed by atoms with Crippen molar-refractivity contribution in [2.24, 2.45) is 0 Å². The average Bonchev–Trinajstić information content (AvgIpc) is 3.32. The number of carbonyl (C=O) groups excluding carboxylic acids is 1. The lowest BCUT2D eigenvalue weighted by Gasteiger charge is -2.37. The first-order chi connectivity index (χ1) is 13.6. The molecule has 0 aromatic carbocycles. The fourth-order valence-corrected chi connectivity index (χ4v) is 4.28. The number of aryl methyl sites for hydroxylation is 1. The molecule has 1 amide bonds. The molecule has 5 rings (SSSR count). The molecule has 7 nitrogen and oxygen atoms in total. The number of halogens is 2. The van der Waals surface area contributed by atoms with Gasteiger partial charge in [-0.25, -0.2) is 4.98 Å². The Kier molecular flexibility index (Phi) is 4.16. The summed E-state index contributed by atoms with van der Waals surface area (Å²) in [5.74, 6) is 0.0897. The van der Waals surface area contributed by atoms with Gasteiger partial charge in [-0.2, -0.15) is 9.37 Å². The lowest BCUT2D eigenvalue weighted by atomic mass is 9.90. The molecule has 2 atom stereocenters. The molecule has 5 heterocycles. The summed E-state index contributed by atoms with van der Waals surface area (Å²) in [6.45, 7) is 0.472. The number of pyridine rings is 1. The van der Waals surface area contributed by atoms with Gasteiger partial charge < -0.3 is 14.4 Å². The number of carbonyl (C=O) groups is 1. The Morgan fingerprint density at radius 1 is 1.29 bits per heavy atom. The summed E-state index contributed by atoms with van der Waals surface area (Å²) in [6.07, 6.45) is 6.38. The maximum absolute atomic E-state index is 13.6. The van der Waals surface area contributed by atoms with Gasteiger partial charge in [0.2, 0.25) is 17.7 Å². The normalized spacial score (nSPS) is 21.9. The number of rotatable bonds is 2. The van der Waals surface area contributed by atoms with Gasteiger partial charge in [-0.15, -0.1) is 0 Å². The van der Waals surface area contributed by atoms with Crippen LogP contribution in [0.4, 0.5) is 4.39 Å². The van der Waals surface area contributed by atoms with Crippen LogP contribution >= 0.6 is 11.6 Å². The van der Waals surface area contributed by atoms with Gasteiger partial charge in [0.1, 0.15) is 0 Å². The lowest BCUT2D eigenvalue weighted by Crippen LogP contribution is -2.45. The minimum atomic E-state index is -0.634. The predicted molar refractivity (Wildman–Crippen MR) is 98.4 cm³/mol. The summed E-state index contributed by atoms with van der Waals surface area (Å²) in [5, 5.41) is 4.59. The van der Waals surface area contributed by atoms with Gasteiger partial charge in [-0.05, 0) is 37.3 Å². The Bertz CT molecular complexity index is 1050. The van der Waals surface area contributed by atoms with E-state index in [1.54, 1.807) is 12.3 Å². The molecule has 0 saturated carbocycles. The van der Waals surface area contributed by atoms with Crippen LogP contribution in [0.2, 0.25) is 5.02 Å². The van der Waals surface area contributed by atoms with Crippen molar-refractivity contribution in [1.82, 2.24) is 25.0 Å². The Morgan fingerprint density at radius 2 is 2.18 bits per heavy atom. The Morgan fingerprint density at radius 3 is 3.00 bits per heavy atom. The van der Waals surface area contributed by atoms with Crippen molar-refractivity contribution in [1.29, 1.82) is 0 Å². The molecule has 3 aromatic rings. The summed E-state index contributed by atoms with van der Waals surface area (Å²) >= 11 is 5.93. The van der Waals surface area contributed by atoms with Crippen LogP contribution in [0.1, 0.15) is 47.0 Å². The second-order valence-corrected chi connectivity index (χ2v) is 7.71. The van der Waals surface area contributed by atoms with Crippen LogP contribution in [0.3, 0.4) is 0 Å². The summed E-state index contributed by atoms with van der Waals surface area (Å²) in [4.78, 5) is 26.1. The number of H-pyrrole nitrogens is 1. The van der Waals surface area contributed by atoms with E-state index in [9.17, 15) is 9.18 Å². The highest BCUT2D eigenvalue weighted by Gasteiger charge is 2.37. The van der Waals surface area contributed by atoms with Gasteiger partial charge in [-0.3, -0.25) is 4.79 Å². The molecule has 1 saturated heterocycles. The maximum atomic E-state index is 13.6. The molecule has 0 radical (unpaired) electrons. The van der Waals surface area contributed by atoms with Crippen molar-refractivity contribution in [3.8, 4) is 11.5 Å². The highest BCUT2D eigenvalue weighted by atomic mass is 35.5. The van der Waals surface area contributed by atoms with Crippen molar-refractivity contribution in [2.75, 3.05) is 6.54 Å². The van der Waals surface area contributed by atoms with Crippen molar-refractivity contribution in [2.45, 2.75) is 37.6 Å². The maximum Gasteiger partial charge on any atom is 0.254 e. The van der Waals surface area contributed by atoms with Gasteiger partial charge in [-0.1, -0.05) is 16.8 Å². The van der Waals surface area contributed by atoms with E-state index in [2.05, 4.69) is 20.1 Å². The SMILES string of the molecule is O=C1c2cc(F)ncc2CC[C@@H]2CC[C@H](c3nc(-c4cc(Cl)c[nH]4)no3)CN12. The molecule has 0 unspecified atom stereocenters. The molecule has 9 heteroatoms. The van der Waals surface area contributed by atoms with Crippen LogP contribution in [-0.4, -0.2) is 43.5 Å². The number of nitrogens with zero attached hydrogens (tertiary/aromatic N) is 4. The Hall–Kier alpha value is -2.74. The first kappa shape index (κ1) is 17.4. The highest BCUT2D eigenvalue weighted by molar-refractivity contribution is 6.30. The number of hydrogen-bond donors (Lipinski definition) is 1. The highest BCUT2D eigenvalue weighted by Crippen LogP contribution is 2.35. The van der Waals surface area contributed by atoms with Crippen LogP contribution in [-0.2, 0) is 6.42 Å². The fourth-order valence-electron chi connectivity index (χ4n) is 4.12. The fraction of sp³-hybridized carbons (Fsp3) is 0.368. The molecule has 2 aliphatic heterocycles. The largest absolute Gasteiger partial charge is 0.357 e. The Labute approximate surface area is 164 Å². The summed E-state index contributed by atoms with van der Waals surface area (Å²) in [5.41, 5.74) is 1.89. The molecular formula is C19H17ClFN5O2. The van der Waals surface area contributed by atoms with E-state index in [0.717, 1.165) is 31.2 Å². The number of fused-ring (bicyclic) bond motifs is 2. The van der Waals surface area contributed by atoms with Gasteiger partial charge in [0.05, 0.1) is 16.6 Å². The number of aromatic nitrogens is 4. The van der Waals surface area contributed by atoms with Gasteiger partial charge in [0.15, 0.2) is 0 Å². The molecule has 2 aliphatic rings. The molecule has 144 valence electrons. The predicted octanol–water partition coefficient (Wildman–Crippen LogP) is 3.59. The molecule has 0 bridgehead atoms. The zero-order valence-corrected chi connectivity index (χ0v) is 15.6. The summed E-state index contributed by atoms with van der Waals surface area (Å²) in [6, 6.07) is 3.10. The van der Waals surface area contributed by atoms with Gasteiger partial charge in [0, 0.05) is 36.6 Å². The molecule has 1 fully saturated rings. The average molecular weight is 402 g/mol. The molecule has 1 N–H and O–H groups in total. The quantitative estimate of drug-likeness (QED) is 0.663. The van der Waals surface area contributed by atoms with Crippen LogP contribution < -0.4 is 0 Å². The monoisotopic (exact) mass is 401 g/mol. The lowest BCUT2D eigenvalue weighted by molar-refractivity contribution is 0.0569. The third-order valence-corrected chi connectivity index (χ3v) is 5.80. The standard InChI is InChI=1S/C19H17ClFN5O2/c20-12-5-15(22-8-12)17-24-18(28-25-17)11-2-4-13-3-1-10-7-23-16(21)6-14(10)19(27)26(13)9-11/h5-8,11,13,22H,1-4,9H2/t11-,13+/m0/s1. The first-order valence-corrected chi connectivity index (χ1v) is 9.59. The summed E-state index contributed by atoms with van der Waals surface area (Å²) in [7, 11) is 0. The third-order valence-electron chi connectivity index (χ3n) is 5.58. The van der Waals surface area contributed by atoms with E-state index >= 15 is 0 Å². The molecule has 28 heavy (non-hydrogen) atoms. The number of amides is 1. The zero-order chi connectivity index (χ0) is 19.3. The minimum Gasteiger partial charge on any atom is -0.357 e.